The molecule has 2 rings (SSSR count). The van der Waals surface area contributed by atoms with Crippen LogP contribution in [-0.4, -0.2) is 37.5 Å². The maximum absolute atomic E-state index is 12.6. The van der Waals surface area contributed by atoms with E-state index in [1.807, 2.05) is 30.1 Å². The third kappa shape index (κ3) is 3.80. The SMILES string of the molecule is CCN(CC1CC1)C(=O)c1ccccc1CCNC. The van der Waals surface area contributed by atoms with Crippen LogP contribution in [0.3, 0.4) is 0 Å². The van der Waals surface area contributed by atoms with Crippen LogP contribution in [0.25, 0.3) is 0 Å². The van der Waals surface area contributed by atoms with Gasteiger partial charge < -0.3 is 10.2 Å². The van der Waals surface area contributed by atoms with Crippen molar-refractivity contribution in [2.24, 2.45) is 5.92 Å². The van der Waals surface area contributed by atoms with Gasteiger partial charge in [0.2, 0.25) is 0 Å². The third-order valence-corrected chi connectivity index (χ3v) is 3.74. The van der Waals surface area contributed by atoms with Crippen molar-refractivity contribution in [3.05, 3.63) is 35.4 Å². The van der Waals surface area contributed by atoms with Crippen molar-refractivity contribution in [3.63, 3.8) is 0 Å². The maximum atomic E-state index is 12.6. The van der Waals surface area contributed by atoms with Gasteiger partial charge in [-0.25, -0.2) is 0 Å². The van der Waals surface area contributed by atoms with Crippen LogP contribution in [0, 0.1) is 5.92 Å². The lowest BCUT2D eigenvalue weighted by Gasteiger charge is -2.22. The molecule has 1 aliphatic rings. The third-order valence-electron chi connectivity index (χ3n) is 3.74. The highest BCUT2D eigenvalue weighted by atomic mass is 16.2. The Morgan fingerprint density at radius 1 is 1.37 bits per heavy atom. The number of nitrogens with one attached hydrogen (secondary N) is 1. The van der Waals surface area contributed by atoms with Crippen molar-refractivity contribution in [1.29, 1.82) is 0 Å². The van der Waals surface area contributed by atoms with E-state index in [0.717, 1.165) is 43.1 Å². The van der Waals surface area contributed by atoms with Crippen LogP contribution >= 0.6 is 0 Å². The zero-order chi connectivity index (χ0) is 13.7. The summed E-state index contributed by atoms with van der Waals surface area (Å²) in [5.41, 5.74) is 2.02. The molecule has 1 aliphatic carbocycles. The zero-order valence-electron chi connectivity index (χ0n) is 12.0. The normalized spacial score (nSPS) is 14.4. The Balaban J connectivity index is 2.11. The maximum Gasteiger partial charge on any atom is 0.254 e. The molecule has 1 fully saturated rings. The number of rotatable bonds is 7. The molecule has 0 bridgehead atoms. The van der Waals surface area contributed by atoms with Gasteiger partial charge in [-0.2, -0.15) is 0 Å². The van der Waals surface area contributed by atoms with Gasteiger partial charge >= 0.3 is 0 Å². The first-order chi connectivity index (χ1) is 9.26. The van der Waals surface area contributed by atoms with Gasteiger partial charge in [-0.15, -0.1) is 0 Å². The van der Waals surface area contributed by atoms with E-state index >= 15 is 0 Å². The van der Waals surface area contributed by atoms with Crippen LogP contribution < -0.4 is 5.32 Å². The van der Waals surface area contributed by atoms with Gasteiger partial charge in [0.25, 0.3) is 5.91 Å². The van der Waals surface area contributed by atoms with Gasteiger partial charge in [-0.3, -0.25) is 4.79 Å². The van der Waals surface area contributed by atoms with Crippen LogP contribution in [0.15, 0.2) is 24.3 Å². The molecule has 1 aromatic rings. The van der Waals surface area contributed by atoms with E-state index in [0.29, 0.717) is 0 Å². The second-order valence-corrected chi connectivity index (χ2v) is 5.30. The highest BCUT2D eigenvalue weighted by molar-refractivity contribution is 5.95. The lowest BCUT2D eigenvalue weighted by atomic mass is 10.0. The molecular weight excluding hydrogens is 236 g/mol. The average molecular weight is 260 g/mol. The van der Waals surface area contributed by atoms with Gasteiger partial charge in [0.05, 0.1) is 0 Å². The zero-order valence-corrected chi connectivity index (χ0v) is 12.0. The van der Waals surface area contributed by atoms with Crippen molar-refractivity contribution in [2.75, 3.05) is 26.7 Å². The van der Waals surface area contributed by atoms with E-state index in [1.165, 1.54) is 12.8 Å². The number of likely N-dealkylation sites (N-methyl/N-ethyl adjacent to an activating group) is 1. The van der Waals surface area contributed by atoms with Gasteiger partial charge in [0.1, 0.15) is 0 Å². The summed E-state index contributed by atoms with van der Waals surface area (Å²) < 4.78 is 0. The summed E-state index contributed by atoms with van der Waals surface area (Å²) >= 11 is 0. The van der Waals surface area contributed by atoms with Crippen LogP contribution in [0.5, 0.6) is 0 Å². The summed E-state index contributed by atoms with van der Waals surface area (Å²) in [5.74, 6) is 0.939. The van der Waals surface area contributed by atoms with Crippen molar-refractivity contribution in [3.8, 4) is 0 Å². The molecular formula is C16H24N2O. The van der Waals surface area contributed by atoms with Gasteiger partial charge in [-0.05, 0) is 57.3 Å². The second-order valence-electron chi connectivity index (χ2n) is 5.30. The highest BCUT2D eigenvalue weighted by Gasteiger charge is 2.27. The van der Waals surface area contributed by atoms with Crippen LogP contribution in [0.1, 0.15) is 35.7 Å². The highest BCUT2D eigenvalue weighted by Crippen LogP contribution is 2.30. The van der Waals surface area contributed by atoms with E-state index in [-0.39, 0.29) is 5.91 Å². The standard InChI is InChI=1S/C16H24N2O/c1-3-18(12-13-8-9-13)16(19)15-7-5-4-6-14(15)10-11-17-2/h4-7,13,17H,3,8-12H2,1-2H3. The molecule has 0 aliphatic heterocycles. The van der Waals surface area contributed by atoms with Crippen molar-refractivity contribution in [1.82, 2.24) is 10.2 Å². The molecule has 0 saturated heterocycles. The first-order valence-electron chi connectivity index (χ1n) is 7.28. The lowest BCUT2D eigenvalue weighted by molar-refractivity contribution is 0.0756. The molecule has 1 amide bonds. The quantitative estimate of drug-likeness (QED) is 0.816. The van der Waals surface area contributed by atoms with Crippen LogP contribution in [0.2, 0.25) is 0 Å². The van der Waals surface area contributed by atoms with E-state index in [4.69, 9.17) is 0 Å². The topological polar surface area (TPSA) is 32.3 Å². The summed E-state index contributed by atoms with van der Waals surface area (Å²) in [6.07, 6.45) is 3.47. The first kappa shape index (κ1) is 14.1. The molecule has 1 N–H and O–H groups in total. The Labute approximate surface area is 116 Å². The van der Waals surface area contributed by atoms with E-state index < -0.39 is 0 Å². The molecule has 0 radical (unpaired) electrons. The Bertz CT molecular complexity index is 427. The van der Waals surface area contributed by atoms with Crippen molar-refractivity contribution in [2.45, 2.75) is 26.2 Å². The smallest absolute Gasteiger partial charge is 0.254 e. The number of nitrogens with zero attached hydrogens (tertiary/aromatic N) is 1. The Morgan fingerprint density at radius 3 is 2.74 bits per heavy atom. The van der Waals surface area contributed by atoms with Gasteiger partial charge in [0.15, 0.2) is 0 Å². The fourth-order valence-electron chi connectivity index (χ4n) is 2.34. The summed E-state index contributed by atoms with van der Waals surface area (Å²) in [5, 5.41) is 3.14. The van der Waals surface area contributed by atoms with Crippen LogP contribution in [-0.2, 0) is 6.42 Å². The fraction of sp³-hybridized carbons (Fsp3) is 0.562. The minimum Gasteiger partial charge on any atom is -0.339 e. The molecule has 19 heavy (non-hydrogen) atoms. The van der Waals surface area contributed by atoms with Gasteiger partial charge in [-0.1, -0.05) is 18.2 Å². The average Bonchev–Trinajstić information content (AvgIpc) is 3.26. The van der Waals surface area contributed by atoms with E-state index in [1.54, 1.807) is 0 Å². The number of carbonyl (C=O) groups excluding carboxylic acids is 1. The molecule has 0 heterocycles. The van der Waals surface area contributed by atoms with Crippen molar-refractivity contribution < 1.29 is 4.79 Å². The molecule has 3 heteroatoms. The lowest BCUT2D eigenvalue weighted by Crippen LogP contribution is -2.33. The molecule has 0 spiro atoms. The minimum absolute atomic E-state index is 0.195. The van der Waals surface area contributed by atoms with Gasteiger partial charge in [0, 0.05) is 18.7 Å². The molecule has 0 unspecified atom stereocenters. The molecule has 1 saturated carbocycles. The monoisotopic (exact) mass is 260 g/mol. The number of hydrogen-bond acceptors (Lipinski definition) is 2. The Morgan fingerprint density at radius 2 is 2.11 bits per heavy atom. The summed E-state index contributed by atoms with van der Waals surface area (Å²) in [4.78, 5) is 14.6. The molecule has 0 aromatic heterocycles. The number of amides is 1. The summed E-state index contributed by atoms with van der Waals surface area (Å²) in [6, 6.07) is 8.00. The summed E-state index contributed by atoms with van der Waals surface area (Å²) in [7, 11) is 1.94. The van der Waals surface area contributed by atoms with E-state index in [2.05, 4.69) is 18.3 Å². The largest absolute Gasteiger partial charge is 0.339 e. The Hall–Kier alpha value is -1.35. The number of benzene rings is 1. The number of carbonyl (C=O) groups is 1. The molecule has 0 atom stereocenters. The summed E-state index contributed by atoms with van der Waals surface area (Å²) in [6.45, 7) is 4.70. The van der Waals surface area contributed by atoms with Crippen molar-refractivity contribution >= 4 is 5.91 Å². The van der Waals surface area contributed by atoms with E-state index in [9.17, 15) is 4.79 Å². The van der Waals surface area contributed by atoms with Crippen LogP contribution in [0.4, 0.5) is 0 Å². The Kier molecular flexibility index (Phi) is 4.97. The first-order valence-corrected chi connectivity index (χ1v) is 7.28. The number of hydrogen-bond donors (Lipinski definition) is 1. The predicted molar refractivity (Wildman–Crippen MR) is 78.4 cm³/mol. The molecule has 3 nitrogen and oxygen atoms in total. The second kappa shape index (κ2) is 6.71. The fourth-order valence-corrected chi connectivity index (χ4v) is 2.34. The minimum atomic E-state index is 0.195. The predicted octanol–water partition coefficient (Wildman–Crippen LogP) is 2.32. The molecule has 1 aromatic carbocycles. The molecule has 104 valence electrons.